The van der Waals surface area contributed by atoms with Crippen molar-refractivity contribution < 1.29 is 33.3 Å². The van der Waals surface area contributed by atoms with Crippen molar-refractivity contribution in [2.24, 2.45) is 10.9 Å². The summed E-state index contributed by atoms with van der Waals surface area (Å²) >= 11 is 1.33. The summed E-state index contributed by atoms with van der Waals surface area (Å²) in [4.78, 5) is 30.4. The third-order valence-electron chi connectivity index (χ3n) is 5.65. The summed E-state index contributed by atoms with van der Waals surface area (Å²) in [6.45, 7) is 7.86. The van der Waals surface area contributed by atoms with Crippen LogP contribution >= 0.6 is 11.8 Å². The fraction of sp³-hybridized carbons (Fsp3) is 0.625. The van der Waals surface area contributed by atoms with Crippen molar-refractivity contribution >= 4 is 29.1 Å². The lowest BCUT2D eigenvalue weighted by atomic mass is 9.90. The van der Waals surface area contributed by atoms with E-state index in [1.165, 1.54) is 23.7 Å². The number of nitrogens with zero attached hydrogens (tertiary/aromatic N) is 2. The summed E-state index contributed by atoms with van der Waals surface area (Å²) in [5.41, 5.74) is -0.0376. The van der Waals surface area contributed by atoms with Crippen LogP contribution in [0.1, 0.15) is 33.3 Å². The Morgan fingerprint density at radius 1 is 1.23 bits per heavy atom. The molecule has 0 aromatic heterocycles. The first-order chi connectivity index (χ1) is 16.5. The topological polar surface area (TPSA) is 108 Å². The number of ether oxygens (including phenoxy) is 5. The van der Waals surface area contributed by atoms with E-state index >= 15 is 0 Å². The summed E-state index contributed by atoms with van der Waals surface area (Å²) in [5.74, 6) is 0.640. The molecule has 10 nitrogen and oxygen atoms in total. The minimum Gasteiger partial charge on any atom is -0.497 e. The molecule has 5 atom stereocenters. The van der Waals surface area contributed by atoms with Crippen LogP contribution < -0.4 is 10.1 Å². The van der Waals surface area contributed by atoms with Gasteiger partial charge in [0.1, 0.15) is 29.4 Å². The molecule has 2 amide bonds. The van der Waals surface area contributed by atoms with Gasteiger partial charge in [0.15, 0.2) is 5.17 Å². The number of amides is 2. The highest BCUT2D eigenvalue weighted by atomic mass is 32.2. The van der Waals surface area contributed by atoms with Crippen LogP contribution in [0, 0.1) is 5.92 Å². The maximum absolute atomic E-state index is 12.6. The van der Waals surface area contributed by atoms with Crippen molar-refractivity contribution in [3.05, 3.63) is 29.8 Å². The van der Waals surface area contributed by atoms with Gasteiger partial charge in [0, 0.05) is 20.0 Å². The molecule has 3 rings (SSSR count). The van der Waals surface area contributed by atoms with E-state index < -0.39 is 29.3 Å². The molecule has 1 aromatic rings. The third-order valence-corrected chi connectivity index (χ3v) is 6.86. The molecule has 0 bridgehead atoms. The number of alkyl carbamates (subject to hydrolysis) is 1. The van der Waals surface area contributed by atoms with Crippen molar-refractivity contribution in [3.63, 3.8) is 0 Å². The Balaban J connectivity index is 1.77. The summed E-state index contributed by atoms with van der Waals surface area (Å²) in [6, 6.07) is 7.31. The Morgan fingerprint density at radius 3 is 2.51 bits per heavy atom. The number of nitrogens with one attached hydrogen (secondary N) is 1. The van der Waals surface area contributed by atoms with E-state index in [4.69, 9.17) is 28.7 Å². The van der Waals surface area contributed by atoms with Gasteiger partial charge in [-0.2, -0.15) is 0 Å². The zero-order chi connectivity index (χ0) is 25.8. The maximum Gasteiger partial charge on any atom is 0.416 e. The number of fused-ring (bicyclic) bond motifs is 1. The van der Waals surface area contributed by atoms with Gasteiger partial charge in [-0.05, 0) is 38.5 Å². The van der Waals surface area contributed by atoms with Crippen molar-refractivity contribution in [2.75, 3.05) is 27.8 Å². The first-order valence-corrected chi connectivity index (χ1v) is 12.4. The molecule has 0 spiro atoms. The van der Waals surface area contributed by atoms with Gasteiger partial charge >= 0.3 is 12.2 Å². The average Bonchev–Trinajstić information content (AvgIpc) is 3.24. The average molecular weight is 510 g/mol. The van der Waals surface area contributed by atoms with Crippen LogP contribution in [0.3, 0.4) is 0 Å². The molecule has 0 unspecified atom stereocenters. The molecule has 35 heavy (non-hydrogen) atoms. The predicted molar refractivity (Wildman–Crippen MR) is 133 cm³/mol. The normalized spacial score (nSPS) is 25.8. The Morgan fingerprint density at radius 2 is 1.91 bits per heavy atom. The van der Waals surface area contributed by atoms with Crippen LogP contribution in [0.5, 0.6) is 5.75 Å². The summed E-state index contributed by atoms with van der Waals surface area (Å²) in [7, 11) is 4.75. The van der Waals surface area contributed by atoms with Gasteiger partial charge in [0.25, 0.3) is 0 Å². The largest absolute Gasteiger partial charge is 0.497 e. The molecule has 1 N–H and O–H groups in total. The van der Waals surface area contributed by atoms with E-state index in [0.29, 0.717) is 11.8 Å². The lowest BCUT2D eigenvalue weighted by Crippen LogP contribution is -2.53. The minimum absolute atomic E-state index is 0.0737. The van der Waals surface area contributed by atoms with E-state index in [0.717, 1.165) is 11.3 Å². The summed E-state index contributed by atoms with van der Waals surface area (Å²) in [5, 5.41) is 2.93. The van der Waals surface area contributed by atoms with Gasteiger partial charge < -0.3 is 29.0 Å². The Kier molecular flexibility index (Phi) is 8.89. The van der Waals surface area contributed by atoms with Crippen LogP contribution in [-0.2, 0) is 25.6 Å². The minimum atomic E-state index is -0.626. The Bertz CT molecular complexity index is 919. The molecular weight excluding hydrogens is 474 g/mol. The second kappa shape index (κ2) is 11.5. The van der Waals surface area contributed by atoms with Crippen LogP contribution in [0.25, 0.3) is 0 Å². The van der Waals surface area contributed by atoms with Gasteiger partial charge in [0.2, 0.25) is 0 Å². The summed E-state index contributed by atoms with van der Waals surface area (Å²) in [6.07, 6.45) is -1.75. The quantitative estimate of drug-likeness (QED) is 0.619. The molecule has 0 saturated carbocycles. The molecule has 0 aliphatic carbocycles. The van der Waals surface area contributed by atoms with Crippen LogP contribution in [-0.4, -0.2) is 79.4 Å². The standard InChI is InChI=1S/C24H35N3O7S/c1-14-17(13-32-22(28)25-5)33-20-18(19(14)31-12-15-8-10-16(30-7)11-9-15)26-21(35-20)27(6)23(29)34-24(2,3)4/h8-11,14,17-20H,12-13H2,1-7H3,(H,25,28)/t14-,17-,18-,19+,20-/m1/s1. The number of carbonyl (C=O) groups is 2. The first kappa shape index (κ1) is 27.1. The molecule has 11 heteroatoms. The Hall–Kier alpha value is -2.50. The van der Waals surface area contributed by atoms with E-state index in [1.807, 2.05) is 52.0 Å². The highest BCUT2D eigenvalue weighted by molar-refractivity contribution is 8.14. The van der Waals surface area contributed by atoms with Crippen molar-refractivity contribution in [2.45, 2.75) is 63.6 Å². The van der Waals surface area contributed by atoms with E-state index in [-0.39, 0.29) is 24.7 Å². The van der Waals surface area contributed by atoms with Crippen molar-refractivity contribution in [1.29, 1.82) is 0 Å². The maximum atomic E-state index is 12.6. The molecule has 0 radical (unpaired) electrons. The summed E-state index contributed by atoms with van der Waals surface area (Å²) < 4.78 is 28.6. The van der Waals surface area contributed by atoms with Gasteiger partial charge in [-0.3, -0.25) is 9.89 Å². The Labute approximate surface area is 210 Å². The monoisotopic (exact) mass is 509 g/mol. The number of carbonyl (C=O) groups excluding carboxylic acids is 2. The molecule has 2 aliphatic heterocycles. The zero-order valence-corrected chi connectivity index (χ0v) is 22.1. The van der Waals surface area contributed by atoms with Gasteiger partial charge in [0.05, 0.1) is 25.9 Å². The van der Waals surface area contributed by atoms with Gasteiger partial charge in [-0.25, -0.2) is 9.59 Å². The van der Waals surface area contributed by atoms with E-state index in [1.54, 1.807) is 14.2 Å². The van der Waals surface area contributed by atoms with Crippen molar-refractivity contribution in [3.8, 4) is 5.75 Å². The number of benzene rings is 1. The second-order valence-corrected chi connectivity index (χ2v) is 10.5. The number of thioether (sulfide) groups is 1. The number of amidine groups is 1. The number of hydrogen-bond acceptors (Lipinski definition) is 9. The second-order valence-electron chi connectivity index (χ2n) is 9.43. The number of rotatable bonds is 6. The number of aliphatic imine (C=N–C) groups is 1. The first-order valence-electron chi connectivity index (χ1n) is 11.5. The molecule has 2 aliphatic rings. The molecule has 1 aromatic carbocycles. The molecule has 1 saturated heterocycles. The van der Waals surface area contributed by atoms with E-state index in [2.05, 4.69) is 5.32 Å². The zero-order valence-electron chi connectivity index (χ0n) is 21.3. The van der Waals surface area contributed by atoms with E-state index in [9.17, 15) is 9.59 Å². The van der Waals surface area contributed by atoms with Crippen molar-refractivity contribution in [1.82, 2.24) is 10.2 Å². The molecular formula is C24H35N3O7S. The molecule has 2 heterocycles. The predicted octanol–water partition coefficient (Wildman–Crippen LogP) is 3.64. The molecule has 194 valence electrons. The number of methoxy groups -OCH3 is 1. The highest BCUT2D eigenvalue weighted by Gasteiger charge is 2.49. The van der Waals surface area contributed by atoms with Crippen LogP contribution in [0.4, 0.5) is 9.59 Å². The lowest BCUT2D eigenvalue weighted by Gasteiger charge is -2.41. The van der Waals surface area contributed by atoms with Crippen LogP contribution in [0.15, 0.2) is 29.3 Å². The third kappa shape index (κ3) is 7.02. The SMILES string of the molecule is CNC(=O)OC[C@H]1O[C@@H]2SC(N(C)C(=O)OC(C)(C)C)=N[C@@H]2[C@@H](OCc2ccc(OC)cc2)[C@@H]1C. The highest BCUT2D eigenvalue weighted by Crippen LogP contribution is 2.41. The van der Waals surface area contributed by atoms with Crippen LogP contribution in [0.2, 0.25) is 0 Å². The lowest BCUT2D eigenvalue weighted by molar-refractivity contribution is -0.148. The number of hydrogen-bond donors (Lipinski definition) is 1. The smallest absolute Gasteiger partial charge is 0.416 e. The van der Waals surface area contributed by atoms with Gasteiger partial charge in [-0.15, -0.1) is 0 Å². The fourth-order valence-corrected chi connectivity index (χ4v) is 4.88. The van der Waals surface area contributed by atoms with Gasteiger partial charge in [-0.1, -0.05) is 30.8 Å². The molecule has 1 fully saturated rings. The fourth-order valence-electron chi connectivity index (χ4n) is 3.71.